The van der Waals surface area contributed by atoms with E-state index in [1.165, 1.54) is 13.0 Å². The van der Waals surface area contributed by atoms with Crippen molar-refractivity contribution < 1.29 is 48.0 Å². The Labute approximate surface area is 226 Å². The molecule has 0 aromatic carbocycles. The molecule has 2 saturated heterocycles. The fraction of sp³-hybridized carbons (Fsp3) is 0.759. The van der Waals surface area contributed by atoms with E-state index in [9.17, 15) is 29.1 Å². The van der Waals surface area contributed by atoms with Gasteiger partial charge in [0.25, 0.3) is 0 Å². The highest BCUT2D eigenvalue weighted by Gasteiger charge is 2.88. The molecule has 212 valence electrons. The molecule has 39 heavy (non-hydrogen) atoms. The predicted molar refractivity (Wildman–Crippen MR) is 131 cm³/mol. The number of hydrogen-bond donors (Lipinski definition) is 1. The van der Waals surface area contributed by atoms with E-state index in [-0.39, 0.29) is 42.7 Å². The number of carbonyl (C=O) groups excluding carboxylic acids is 5. The molecular weight excluding hydrogens is 508 g/mol. The molecule has 10 atom stereocenters. The Morgan fingerprint density at radius 1 is 1.05 bits per heavy atom. The van der Waals surface area contributed by atoms with Gasteiger partial charge in [-0.25, -0.2) is 4.79 Å². The van der Waals surface area contributed by atoms with Crippen molar-refractivity contribution in [2.45, 2.75) is 103 Å². The summed E-state index contributed by atoms with van der Waals surface area (Å²) in [5.41, 5.74) is -3.96. The lowest BCUT2D eigenvalue weighted by molar-refractivity contribution is -0.192. The maximum atomic E-state index is 14.4. The summed E-state index contributed by atoms with van der Waals surface area (Å²) >= 11 is 0. The van der Waals surface area contributed by atoms with Gasteiger partial charge < -0.3 is 24.1 Å². The van der Waals surface area contributed by atoms with Crippen molar-refractivity contribution in [1.29, 1.82) is 0 Å². The lowest BCUT2D eigenvalue weighted by Gasteiger charge is -2.65. The molecule has 3 aliphatic carbocycles. The molecule has 6 aliphatic rings. The Balaban J connectivity index is 1.45. The van der Waals surface area contributed by atoms with Crippen LogP contribution in [0.2, 0.25) is 0 Å². The number of aliphatic hydroxyl groups excluding tert-OH is 1. The fourth-order valence-corrected chi connectivity index (χ4v) is 10.0. The number of fused-ring (bicyclic) bond motifs is 3. The van der Waals surface area contributed by atoms with Gasteiger partial charge in [-0.05, 0) is 39.5 Å². The maximum absolute atomic E-state index is 14.4. The van der Waals surface area contributed by atoms with E-state index < -0.39 is 69.8 Å². The van der Waals surface area contributed by atoms with Crippen molar-refractivity contribution in [2.24, 2.45) is 34.0 Å². The van der Waals surface area contributed by atoms with Crippen molar-refractivity contribution in [2.75, 3.05) is 0 Å². The Morgan fingerprint density at radius 3 is 2.36 bits per heavy atom. The minimum absolute atomic E-state index is 0.00577. The maximum Gasteiger partial charge on any atom is 0.333 e. The van der Waals surface area contributed by atoms with Gasteiger partial charge in [-0.1, -0.05) is 13.8 Å². The van der Waals surface area contributed by atoms with Gasteiger partial charge in [0.05, 0.1) is 23.5 Å². The van der Waals surface area contributed by atoms with Gasteiger partial charge in [0, 0.05) is 54.1 Å². The lowest BCUT2D eigenvalue weighted by Crippen LogP contribution is -2.71. The molecule has 3 saturated carbocycles. The van der Waals surface area contributed by atoms with E-state index >= 15 is 0 Å². The molecule has 10 nitrogen and oxygen atoms in total. The van der Waals surface area contributed by atoms with Crippen LogP contribution in [0.15, 0.2) is 11.6 Å². The Kier molecular flexibility index (Phi) is 5.39. The second-order valence-corrected chi connectivity index (χ2v) is 13.5. The van der Waals surface area contributed by atoms with Crippen LogP contribution in [-0.4, -0.2) is 64.3 Å². The van der Waals surface area contributed by atoms with Crippen molar-refractivity contribution in [3.05, 3.63) is 11.6 Å². The summed E-state index contributed by atoms with van der Waals surface area (Å²) in [6, 6.07) is 0. The van der Waals surface area contributed by atoms with E-state index in [2.05, 4.69) is 6.92 Å². The van der Waals surface area contributed by atoms with Crippen molar-refractivity contribution >= 4 is 29.5 Å². The molecule has 3 aliphatic heterocycles. The molecule has 0 aromatic rings. The monoisotopic (exact) mass is 544 g/mol. The van der Waals surface area contributed by atoms with Crippen molar-refractivity contribution in [3.8, 4) is 0 Å². The van der Waals surface area contributed by atoms with Crippen LogP contribution in [0, 0.1) is 34.0 Å². The second kappa shape index (κ2) is 7.85. The molecule has 5 fully saturated rings. The number of rotatable bonds is 3. The molecule has 0 radical (unpaired) electrons. The van der Waals surface area contributed by atoms with Crippen molar-refractivity contribution in [1.82, 2.24) is 0 Å². The number of aliphatic hydroxyl groups is 1. The second-order valence-electron chi connectivity index (χ2n) is 13.5. The number of esters is 3. The molecule has 10 heteroatoms. The van der Waals surface area contributed by atoms with Crippen LogP contribution in [0.25, 0.3) is 0 Å². The standard InChI is InChI=1S/C29H36O10/c1-13(30)36-22(34)12-20-27(5)17-7-8-26(4)15(14-9-21(33)37-24(14)35)10-16(31)23-29(26,39-23)28(17,6)19(32)11-18(27)25(2,3)38-20/h9,15,17-18,20,23-24,35H,7-8,10-12H2,1-6H3/t15-,17+,18-,20-,23+,24?,26-,27+,28-,29+/m0/s1. The van der Waals surface area contributed by atoms with Gasteiger partial charge in [-0.2, -0.15) is 0 Å². The number of ketones is 2. The summed E-state index contributed by atoms with van der Waals surface area (Å²) < 4.78 is 22.7. The van der Waals surface area contributed by atoms with Gasteiger partial charge in [0.1, 0.15) is 17.5 Å². The first kappa shape index (κ1) is 26.8. The zero-order valence-electron chi connectivity index (χ0n) is 23.2. The molecule has 0 aromatic heterocycles. The highest BCUT2D eigenvalue weighted by Crippen LogP contribution is 2.79. The van der Waals surface area contributed by atoms with Crippen LogP contribution in [0.3, 0.4) is 0 Å². The summed E-state index contributed by atoms with van der Waals surface area (Å²) in [5.74, 6) is -3.22. The third-order valence-electron chi connectivity index (χ3n) is 11.6. The minimum atomic E-state index is -1.44. The largest absolute Gasteiger partial charge is 0.429 e. The van der Waals surface area contributed by atoms with Crippen LogP contribution in [-0.2, 0) is 42.9 Å². The Morgan fingerprint density at radius 2 is 1.74 bits per heavy atom. The summed E-state index contributed by atoms with van der Waals surface area (Å²) in [6.45, 7) is 11.0. The molecular formula is C29H36O10. The Hall–Kier alpha value is -2.43. The third kappa shape index (κ3) is 3.11. The normalized spacial score (nSPS) is 49.2. The Bertz CT molecular complexity index is 1250. The molecule has 1 unspecified atom stereocenters. The average Bonchev–Trinajstić information content (AvgIpc) is 3.47. The smallest absolute Gasteiger partial charge is 0.333 e. The van der Waals surface area contributed by atoms with Crippen LogP contribution in [0.1, 0.15) is 73.6 Å². The SMILES string of the molecule is CC(=O)OC(=O)C[C@@H]1OC(C)(C)[C@@H]2CC(=O)[C@]3(C)[C@H](CC[C@@]4(C)[C@H](C5=CC(=O)OC5O)CC(=O)[C@H]5O[C@]543)[C@@]12C. The summed E-state index contributed by atoms with van der Waals surface area (Å²) in [7, 11) is 0. The highest BCUT2D eigenvalue weighted by molar-refractivity contribution is 5.96. The zero-order chi connectivity index (χ0) is 28.5. The quantitative estimate of drug-likeness (QED) is 0.319. The topological polar surface area (TPSA) is 146 Å². The third-order valence-corrected chi connectivity index (χ3v) is 11.6. The number of cyclic esters (lactones) is 1. The lowest BCUT2D eigenvalue weighted by atomic mass is 9.36. The summed E-state index contributed by atoms with van der Waals surface area (Å²) in [5, 5.41) is 10.5. The number of epoxide rings is 1. The first-order chi connectivity index (χ1) is 18.0. The molecule has 1 N–H and O–H groups in total. The van der Waals surface area contributed by atoms with E-state index in [1.807, 2.05) is 27.7 Å². The highest BCUT2D eigenvalue weighted by atomic mass is 16.6. The minimum Gasteiger partial charge on any atom is -0.429 e. The number of Topliss-reactive ketones (excluding diaryl/α,β-unsaturated/α-hetero) is 2. The number of hydrogen-bond acceptors (Lipinski definition) is 10. The molecule has 0 amide bonds. The molecule has 1 spiro atoms. The first-order valence-electron chi connectivity index (χ1n) is 13.8. The number of ether oxygens (including phenoxy) is 4. The molecule has 6 rings (SSSR count). The van der Waals surface area contributed by atoms with E-state index in [0.29, 0.717) is 18.4 Å². The van der Waals surface area contributed by atoms with Gasteiger partial charge in [-0.3, -0.25) is 19.2 Å². The van der Waals surface area contributed by atoms with Crippen LogP contribution in [0.5, 0.6) is 0 Å². The average molecular weight is 545 g/mol. The van der Waals surface area contributed by atoms with Gasteiger partial charge in [0.15, 0.2) is 5.78 Å². The predicted octanol–water partition coefficient (Wildman–Crippen LogP) is 2.19. The van der Waals surface area contributed by atoms with Crippen LogP contribution in [0.4, 0.5) is 0 Å². The van der Waals surface area contributed by atoms with Crippen LogP contribution < -0.4 is 0 Å². The molecule has 0 bridgehead atoms. The van der Waals surface area contributed by atoms with E-state index in [1.54, 1.807) is 0 Å². The summed E-state index contributed by atoms with van der Waals surface area (Å²) in [6.07, 6.45) is -0.238. The summed E-state index contributed by atoms with van der Waals surface area (Å²) in [4.78, 5) is 63.9. The fourth-order valence-electron chi connectivity index (χ4n) is 10.0. The first-order valence-corrected chi connectivity index (χ1v) is 13.8. The molecule has 3 heterocycles. The number of carbonyl (C=O) groups is 5. The zero-order valence-corrected chi connectivity index (χ0v) is 23.2. The van der Waals surface area contributed by atoms with Gasteiger partial charge >= 0.3 is 17.9 Å². The van der Waals surface area contributed by atoms with Gasteiger partial charge in [0.2, 0.25) is 6.29 Å². The van der Waals surface area contributed by atoms with E-state index in [0.717, 1.165) is 0 Å². The van der Waals surface area contributed by atoms with E-state index in [4.69, 9.17) is 18.9 Å². The van der Waals surface area contributed by atoms with Gasteiger partial charge in [-0.15, -0.1) is 0 Å². The van der Waals surface area contributed by atoms with Crippen LogP contribution >= 0.6 is 0 Å². The van der Waals surface area contributed by atoms with Crippen molar-refractivity contribution in [3.63, 3.8) is 0 Å².